The molecule has 0 saturated heterocycles. The first kappa shape index (κ1) is 12.3. The highest BCUT2D eigenvalue weighted by molar-refractivity contribution is 7.16. The van der Waals surface area contributed by atoms with Crippen LogP contribution in [0.15, 0.2) is 33.0 Å². The summed E-state index contributed by atoms with van der Waals surface area (Å²) in [7, 11) is 0. The summed E-state index contributed by atoms with van der Waals surface area (Å²) in [6.45, 7) is 4.14. The molecule has 4 heterocycles. The maximum absolute atomic E-state index is 12.9. The molecule has 6 nitrogen and oxygen atoms in total. The molecule has 0 aliphatic heterocycles. The molecule has 0 bridgehead atoms. The number of nitrogens with zero attached hydrogens (tertiary/aromatic N) is 3. The van der Waals surface area contributed by atoms with E-state index < -0.39 is 0 Å². The van der Waals surface area contributed by atoms with Crippen LogP contribution in [0.3, 0.4) is 0 Å². The van der Waals surface area contributed by atoms with Crippen molar-refractivity contribution in [3.63, 3.8) is 0 Å². The molecule has 106 valence electrons. The molecule has 21 heavy (non-hydrogen) atoms. The topological polar surface area (TPSA) is 76.2 Å². The van der Waals surface area contributed by atoms with Gasteiger partial charge in [-0.05, 0) is 29.0 Å². The Labute approximate surface area is 123 Å². The fourth-order valence-corrected chi connectivity index (χ4v) is 3.52. The Morgan fingerprint density at radius 2 is 2.29 bits per heavy atom. The van der Waals surface area contributed by atoms with Gasteiger partial charge < -0.3 is 4.42 Å². The van der Waals surface area contributed by atoms with E-state index in [1.165, 1.54) is 15.7 Å². The van der Waals surface area contributed by atoms with Gasteiger partial charge in [0.1, 0.15) is 4.83 Å². The Bertz CT molecular complexity index is 991. The van der Waals surface area contributed by atoms with Gasteiger partial charge in [0.15, 0.2) is 5.76 Å². The lowest BCUT2D eigenvalue weighted by Crippen LogP contribution is -2.15. The van der Waals surface area contributed by atoms with Gasteiger partial charge in [0.05, 0.1) is 11.6 Å². The molecule has 1 N–H and O–H groups in total. The van der Waals surface area contributed by atoms with Crippen LogP contribution in [-0.2, 0) is 0 Å². The minimum atomic E-state index is -0.111. The lowest BCUT2D eigenvalue weighted by atomic mass is 10.0. The van der Waals surface area contributed by atoms with Crippen LogP contribution in [0.5, 0.6) is 0 Å². The van der Waals surface area contributed by atoms with E-state index in [0.29, 0.717) is 22.7 Å². The van der Waals surface area contributed by atoms with Crippen LogP contribution in [0.2, 0.25) is 0 Å². The second-order valence-corrected chi connectivity index (χ2v) is 5.98. The average molecular weight is 300 g/mol. The number of rotatable bonds is 2. The largest absolute Gasteiger partial charge is 0.461 e. The summed E-state index contributed by atoms with van der Waals surface area (Å²) in [4.78, 5) is 18.1. The molecule has 7 heteroatoms. The fraction of sp³-hybridized carbons (Fsp3) is 0.214. The molecule has 0 spiro atoms. The van der Waals surface area contributed by atoms with Crippen molar-refractivity contribution in [2.24, 2.45) is 0 Å². The Morgan fingerprint density at radius 1 is 1.43 bits per heavy atom. The molecular formula is C14H12N4O2S. The third-order valence-corrected chi connectivity index (χ3v) is 4.36. The quantitative estimate of drug-likeness (QED) is 0.617. The molecule has 0 saturated carbocycles. The summed E-state index contributed by atoms with van der Waals surface area (Å²) < 4.78 is 6.82. The highest BCUT2D eigenvalue weighted by Gasteiger charge is 2.19. The van der Waals surface area contributed by atoms with E-state index >= 15 is 0 Å². The summed E-state index contributed by atoms with van der Waals surface area (Å²) in [5.74, 6) is 1.67. The summed E-state index contributed by atoms with van der Waals surface area (Å²) in [6.07, 6.45) is 1.55. The first-order chi connectivity index (χ1) is 10.2. The van der Waals surface area contributed by atoms with Crippen molar-refractivity contribution >= 4 is 27.3 Å². The fourth-order valence-electron chi connectivity index (χ4n) is 2.43. The molecule has 0 aromatic carbocycles. The van der Waals surface area contributed by atoms with Gasteiger partial charge in [0, 0.05) is 0 Å². The number of hydrogen-bond acceptors (Lipinski definition) is 5. The molecular weight excluding hydrogens is 288 g/mol. The molecule has 0 radical (unpaired) electrons. The standard InChI is InChI=1S/C14H12N4O2S/c1-7(2)8-6-21-12-10(8)13(19)18-11(9-4-3-5-20-9)16-17-14(18)15-12/h3-7H,1-2H3,(H,15,17). The van der Waals surface area contributed by atoms with E-state index in [9.17, 15) is 4.79 Å². The maximum atomic E-state index is 12.9. The number of furan rings is 1. The Hall–Kier alpha value is -2.41. The lowest BCUT2D eigenvalue weighted by molar-refractivity contribution is 0.576. The zero-order valence-corrected chi connectivity index (χ0v) is 12.3. The average Bonchev–Trinajstić information content (AvgIpc) is 3.17. The number of thiophene rings is 1. The van der Waals surface area contributed by atoms with Crippen molar-refractivity contribution in [2.75, 3.05) is 0 Å². The van der Waals surface area contributed by atoms with Gasteiger partial charge in [0.2, 0.25) is 11.6 Å². The van der Waals surface area contributed by atoms with E-state index in [0.717, 1.165) is 10.4 Å². The monoisotopic (exact) mass is 300 g/mol. The number of H-pyrrole nitrogens is 1. The SMILES string of the molecule is CC(C)c1csc2nc3[nH]nc(-c4ccco4)n3c(=O)c12. The summed E-state index contributed by atoms with van der Waals surface area (Å²) in [6, 6.07) is 3.53. The van der Waals surface area contributed by atoms with E-state index in [-0.39, 0.29) is 11.5 Å². The first-order valence-electron chi connectivity index (χ1n) is 6.59. The predicted molar refractivity (Wildman–Crippen MR) is 80.8 cm³/mol. The third kappa shape index (κ3) is 1.67. The van der Waals surface area contributed by atoms with E-state index in [4.69, 9.17) is 4.42 Å². The van der Waals surface area contributed by atoms with Crippen molar-refractivity contribution < 1.29 is 4.42 Å². The highest BCUT2D eigenvalue weighted by atomic mass is 32.1. The Kier molecular flexibility index (Phi) is 2.52. The van der Waals surface area contributed by atoms with E-state index in [2.05, 4.69) is 29.0 Å². The van der Waals surface area contributed by atoms with Gasteiger partial charge in [0.25, 0.3) is 5.56 Å². The lowest BCUT2D eigenvalue weighted by Gasteiger charge is -2.02. The molecule has 0 atom stereocenters. The van der Waals surface area contributed by atoms with Crippen molar-refractivity contribution in [3.8, 4) is 11.6 Å². The van der Waals surface area contributed by atoms with Crippen LogP contribution in [-0.4, -0.2) is 19.6 Å². The van der Waals surface area contributed by atoms with Gasteiger partial charge in [-0.3, -0.25) is 4.79 Å². The van der Waals surface area contributed by atoms with Crippen molar-refractivity contribution in [2.45, 2.75) is 19.8 Å². The van der Waals surface area contributed by atoms with Crippen LogP contribution in [0, 0.1) is 0 Å². The number of nitrogens with one attached hydrogen (secondary N) is 1. The summed E-state index contributed by atoms with van der Waals surface area (Å²) in [5, 5.41) is 9.63. The molecule has 0 aliphatic carbocycles. The minimum absolute atomic E-state index is 0.111. The van der Waals surface area contributed by atoms with Gasteiger partial charge >= 0.3 is 0 Å². The second-order valence-electron chi connectivity index (χ2n) is 5.13. The number of hydrogen-bond donors (Lipinski definition) is 1. The van der Waals surface area contributed by atoms with E-state index in [1.54, 1.807) is 18.4 Å². The van der Waals surface area contributed by atoms with Crippen LogP contribution < -0.4 is 5.56 Å². The molecule has 0 aliphatic rings. The predicted octanol–water partition coefficient (Wildman–Crippen LogP) is 3.02. The van der Waals surface area contributed by atoms with Gasteiger partial charge in [-0.15, -0.1) is 16.4 Å². The summed E-state index contributed by atoms with van der Waals surface area (Å²) in [5.41, 5.74) is 0.911. The highest BCUT2D eigenvalue weighted by Crippen LogP contribution is 2.28. The number of aromatic amines is 1. The zero-order chi connectivity index (χ0) is 14.6. The Balaban J connectivity index is 2.15. The van der Waals surface area contributed by atoms with Gasteiger partial charge in [-0.2, -0.15) is 0 Å². The second kappa shape index (κ2) is 4.29. The van der Waals surface area contributed by atoms with Crippen molar-refractivity contribution in [1.82, 2.24) is 19.6 Å². The van der Waals surface area contributed by atoms with Crippen LogP contribution in [0.1, 0.15) is 25.3 Å². The van der Waals surface area contributed by atoms with Gasteiger partial charge in [-0.25, -0.2) is 14.5 Å². The molecule has 0 fully saturated rings. The first-order valence-corrected chi connectivity index (χ1v) is 7.47. The van der Waals surface area contributed by atoms with Crippen molar-refractivity contribution in [3.05, 3.63) is 39.7 Å². The Morgan fingerprint density at radius 3 is 3.00 bits per heavy atom. The smallest absolute Gasteiger partial charge is 0.269 e. The maximum Gasteiger partial charge on any atom is 0.269 e. The zero-order valence-electron chi connectivity index (χ0n) is 11.5. The van der Waals surface area contributed by atoms with Crippen molar-refractivity contribution in [1.29, 1.82) is 0 Å². The molecule has 4 aromatic rings. The number of fused-ring (bicyclic) bond motifs is 2. The molecule has 4 aromatic heterocycles. The van der Waals surface area contributed by atoms with E-state index in [1.807, 2.05) is 5.38 Å². The van der Waals surface area contributed by atoms with Crippen LogP contribution >= 0.6 is 11.3 Å². The van der Waals surface area contributed by atoms with Crippen LogP contribution in [0.4, 0.5) is 0 Å². The molecule has 0 unspecified atom stereocenters. The minimum Gasteiger partial charge on any atom is -0.461 e. The van der Waals surface area contributed by atoms with Gasteiger partial charge in [-0.1, -0.05) is 13.8 Å². The molecule has 4 rings (SSSR count). The normalized spacial score (nSPS) is 12.0. The molecule has 0 amide bonds. The van der Waals surface area contributed by atoms with Crippen LogP contribution in [0.25, 0.3) is 27.6 Å². The third-order valence-electron chi connectivity index (χ3n) is 3.47. The summed E-state index contributed by atoms with van der Waals surface area (Å²) >= 11 is 1.48. The number of aromatic nitrogens is 4.